The van der Waals surface area contributed by atoms with Crippen LogP contribution >= 0.6 is 11.6 Å². The van der Waals surface area contributed by atoms with E-state index in [0.717, 1.165) is 31.6 Å². The molecule has 1 aliphatic heterocycles. The third-order valence-electron chi connectivity index (χ3n) is 3.80. The lowest BCUT2D eigenvalue weighted by molar-refractivity contribution is -0.0298. The maximum Gasteiger partial charge on any atom is 0.226 e. The highest BCUT2D eigenvalue weighted by molar-refractivity contribution is 6.28. The number of ether oxygens (including phenoxy) is 1. The van der Waals surface area contributed by atoms with Crippen LogP contribution in [0.3, 0.4) is 0 Å². The second kappa shape index (κ2) is 6.10. The van der Waals surface area contributed by atoms with Crippen LogP contribution in [-0.2, 0) is 4.74 Å². The number of fused-ring (bicyclic) bond motifs is 1. The quantitative estimate of drug-likeness (QED) is 0.742. The van der Waals surface area contributed by atoms with Crippen molar-refractivity contribution in [2.24, 2.45) is 0 Å². The molecule has 1 fully saturated rings. The molecular formula is C15H15ClN6O. The molecule has 1 atom stereocenters. The summed E-state index contributed by atoms with van der Waals surface area (Å²) in [7, 11) is 0. The number of nitrogens with zero attached hydrogens (tertiary/aromatic N) is 5. The average Bonchev–Trinajstić information content (AvgIpc) is 3.00. The summed E-state index contributed by atoms with van der Waals surface area (Å²) in [6, 6.07) is 3.70. The number of rotatable bonds is 3. The average molecular weight is 331 g/mol. The van der Waals surface area contributed by atoms with Crippen molar-refractivity contribution in [1.82, 2.24) is 24.5 Å². The van der Waals surface area contributed by atoms with Gasteiger partial charge in [0.25, 0.3) is 0 Å². The van der Waals surface area contributed by atoms with Gasteiger partial charge in [-0.1, -0.05) is 0 Å². The summed E-state index contributed by atoms with van der Waals surface area (Å²) in [5, 5.41) is 3.38. The van der Waals surface area contributed by atoms with Crippen LogP contribution in [0.1, 0.15) is 25.5 Å². The molecule has 1 saturated heterocycles. The fourth-order valence-corrected chi connectivity index (χ4v) is 2.87. The number of nitrogens with one attached hydrogen (secondary N) is 1. The Kier molecular flexibility index (Phi) is 3.80. The number of imidazole rings is 1. The minimum absolute atomic E-state index is 0.0477. The van der Waals surface area contributed by atoms with E-state index in [0.29, 0.717) is 17.0 Å². The lowest BCUT2D eigenvalue weighted by Gasteiger charge is -2.23. The van der Waals surface area contributed by atoms with Crippen molar-refractivity contribution in [1.29, 1.82) is 0 Å². The monoisotopic (exact) mass is 330 g/mol. The summed E-state index contributed by atoms with van der Waals surface area (Å²) in [4.78, 5) is 17.0. The summed E-state index contributed by atoms with van der Waals surface area (Å²) in [6.45, 7) is 0.755. The molecular weight excluding hydrogens is 316 g/mol. The highest BCUT2D eigenvalue weighted by Gasteiger charge is 2.21. The zero-order chi connectivity index (χ0) is 15.6. The summed E-state index contributed by atoms with van der Waals surface area (Å²) in [5.41, 5.74) is 2.20. The Morgan fingerprint density at radius 2 is 2.09 bits per heavy atom. The molecule has 1 unspecified atom stereocenters. The van der Waals surface area contributed by atoms with Gasteiger partial charge in [-0.25, -0.2) is 4.98 Å². The standard InChI is InChI=1S/C15H15ClN6O/c16-15-20-13(19-10-4-6-17-7-5-10)12-14(21-15)22(9-18-12)11-3-1-2-8-23-11/h4-7,9,11H,1-3,8H2,(H,17,19,20,21). The lowest BCUT2D eigenvalue weighted by Crippen LogP contribution is -2.17. The first-order chi connectivity index (χ1) is 11.3. The van der Waals surface area contributed by atoms with Crippen molar-refractivity contribution < 1.29 is 4.74 Å². The van der Waals surface area contributed by atoms with Crippen LogP contribution in [0, 0.1) is 0 Å². The molecule has 23 heavy (non-hydrogen) atoms. The van der Waals surface area contributed by atoms with E-state index < -0.39 is 0 Å². The Balaban J connectivity index is 1.75. The molecule has 0 saturated carbocycles. The van der Waals surface area contributed by atoms with Crippen LogP contribution in [0.5, 0.6) is 0 Å². The van der Waals surface area contributed by atoms with Crippen LogP contribution in [0.4, 0.5) is 11.5 Å². The SMILES string of the molecule is Clc1nc(Nc2ccncc2)c2ncn(C3CCCCO3)c2n1. The predicted molar refractivity (Wildman–Crippen MR) is 86.7 cm³/mol. The van der Waals surface area contributed by atoms with Gasteiger partial charge in [-0.3, -0.25) is 9.55 Å². The van der Waals surface area contributed by atoms with Crippen molar-refractivity contribution in [3.05, 3.63) is 36.1 Å². The minimum Gasteiger partial charge on any atom is -0.358 e. The lowest BCUT2D eigenvalue weighted by atomic mass is 10.2. The fourth-order valence-electron chi connectivity index (χ4n) is 2.70. The second-order valence-electron chi connectivity index (χ2n) is 5.35. The van der Waals surface area contributed by atoms with Gasteiger partial charge in [0.2, 0.25) is 5.28 Å². The van der Waals surface area contributed by atoms with E-state index in [-0.39, 0.29) is 11.5 Å². The number of hydrogen-bond donors (Lipinski definition) is 1. The van der Waals surface area contributed by atoms with Crippen LogP contribution in [0.15, 0.2) is 30.9 Å². The third-order valence-corrected chi connectivity index (χ3v) is 3.97. The van der Waals surface area contributed by atoms with E-state index in [1.54, 1.807) is 18.7 Å². The molecule has 0 amide bonds. The van der Waals surface area contributed by atoms with Crippen molar-refractivity contribution >= 4 is 34.3 Å². The van der Waals surface area contributed by atoms with Gasteiger partial charge < -0.3 is 10.1 Å². The maximum atomic E-state index is 6.10. The Bertz CT molecular complexity index is 815. The number of hydrogen-bond acceptors (Lipinski definition) is 6. The van der Waals surface area contributed by atoms with Gasteiger partial charge >= 0.3 is 0 Å². The first-order valence-electron chi connectivity index (χ1n) is 7.50. The van der Waals surface area contributed by atoms with Crippen LogP contribution in [-0.4, -0.2) is 31.1 Å². The van der Waals surface area contributed by atoms with Crippen molar-refractivity contribution in [2.45, 2.75) is 25.5 Å². The maximum absolute atomic E-state index is 6.10. The molecule has 7 nitrogen and oxygen atoms in total. The molecule has 0 bridgehead atoms. The van der Waals surface area contributed by atoms with Gasteiger partial charge in [0.05, 0.1) is 6.33 Å². The molecule has 1 N–H and O–H groups in total. The zero-order valence-electron chi connectivity index (χ0n) is 12.3. The minimum atomic E-state index is -0.0477. The predicted octanol–water partition coefficient (Wildman–Crippen LogP) is 3.32. The molecule has 0 spiro atoms. The molecule has 4 rings (SSSR count). The van der Waals surface area contributed by atoms with E-state index in [1.807, 2.05) is 16.7 Å². The van der Waals surface area contributed by atoms with Gasteiger partial charge in [0.15, 0.2) is 17.0 Å². The number of halogens is 1. The van der Waals surface area contributed by atoms with E-state index >= 15 is 0 Å². The van der Waals surface area contributed by atoms with Crippen LogP contribution < -0.4 is 5.32 Å². The van der Waals surface area contributed by atoms with E-state index in [9.17, 15) is 0 Å². The number of pyridine rings is 1. The highest BCUT2D eigenvalue weighted by atomic mass is 35.5. The normalized spacial score (nSPS) is 18.2. The molecule has 0 aromatic carbocycles. The smallest absolute Gasteiger partial charge is 0.226 e. The molecule has 1 aliphatic rings. The van der Waals surface area contributed by atoms with Crippen LogP contribution in [0.2, 0.25) is 5.28 Å². The topological polar surface area (TPSA) is 77.8 Å². The highest BCUT2D eigenvalue weighted by Crippen LogP contribution is 2.29. The summed E-state index contributed by atoms with van der Waals surface area (Å²) >= 11 is 6.10. The van der Waals surface area contributed by atoms with E-state index in [1.165, 1.54) is 0 Å². The second-order valence-corrected chi connectivity index (χ2v) is 5.69. The Morgan fingerprint density at radius 1 is 1.22 bits per heavy atom. The van der Waals surface area contributed by atoms with Crippen molar-refractivity contribution in [3.63, 3.8) is 0 Å². The molecule has 3 aromatic heterocycles. The van der Waals surface area contributed by atoms with Crippen LogP contribution in [0.25, 0.3) is 11.2 Å². The van der Waals surface area contributed by atoms with Gasteiger partial charge in [0, 0.05) is 24.7 Å². The first-order valence-corrected chi connectivity index (χ1v) is 7.88. The summed E-state index contributed by atoms with van der Waals surface area (Å²) in [5.74, 6) is 0.570. The van der Waals surface area contributed by atoms with Crippen molar-refractivity contribution in [3.8, 4) is 0 Å². The molecule has 8 heteroatoms. The van der Waals surface area contributed by atoms with Crippen molar-refractivity contribution in [2.75, 3.05) is 11.9 Å². The third kappa shape index (κ3) is 2.85. The van der Waals surface area contributed by atoms with Gasteiger partial charge in [0.1, 0.15) is 6.23 Å². The fraction of sp³-hybridized carbons (Fsp3) is 0.333. The Morgan fingerprint density at radius 3 is 2.87 bits per heavy atom. The largest absolute Gasteiger partial charge is 0.358 e. The number of aromatic nitrogens is 5. The summed E-state index contributed by atoms with van der Waals surface area (Å²) in [6.07, 6.45) is 8.27. The zero-order valence-corrected chi connectivity index (χ0v) is 13.1. The molecule has 118 valence electrons. The summed E-state index contributed by atoms with van der Waals surface area (Å²) < 4.78 is 7.75. The molecule has 0 aliphatic carbocycles. The Labute approximate surface area is 137 Å². The van der Waals surface area contributed by atoms with E-state index in [2.05, 4.69) is 25.3 Å². The molecule has 0 radical (unpaired) electrons. The molecule has 4 heterocycles. The van der Waals surface area contributed by atoms with Gasteiger partial charge in [-0.15, -0.1) is 0 Å². The Hall–Kier alpha value is -2.25. The van der Waals surface area contributed by atoms with Gasteiger partial charge in [-0.2, -0.15) is 9.97 Å². The molecule has 3 aromatic rings. The number of anilines is 2. The van der Waals surface area contributed by atoms with E-state index in [4.69, 9.17) is 16.3 Å². The first kappa shape index (κ1) is 14.3. The van der Waals surface area contributed by atoms with Gasteiger partial charge in [-0.05, 0) is 43.0 Å².